The molecule has 11 heteroatoms. The van der Waals surface area contributed by atoms with Gasteiger partial charge in [-0.3, -0.25) is 14.4 Å². The molecule has 6 bridgehead atoms. The van der Waals surface area contributed by atoms with E-state index in [0.717, 1.165) is 10.9 Å². The molecule has 5 heterocycles. The Bertz CT molecular complexity index is 1970. The lowest BCUT2D eigenvalue weighted by atomic mass is 10.0. The summed E-state index contributed by atoms with van der Waals surface area (Å²) >= 11 is 0. The predicted octanol–water partition coefficient (Wildman–Crippen LogP) is 4.09. The van der Waals surface area contributed by atoms with E-state index in [2.05, 4.69) is 15.6 Å². The number of benzene rings is 3. The standard InChI is InChI=1S/C35H30FN5O5/c1-40-14-13-22-8-12-29(38-33(22)40)35(44)41-18-30-31(19-41)46-25-9-5-21(6-10-25)17-37-32(42)20-45-26-4-2-3-23(15-26)24-7-11-28(36)27(16-24)34(43)39-30/h2-16,30-31H,17-20H2,1H3,(H,37,42)(H,39,43)/t30-,31-/m0/s1. The van der Waals surface area contributed by atoms with Crippen LogP contribution in [0.25, 0.3) is 22.2 Å². The maximum absolute atomic E-state index is 15.1. The number of rotatable bonds is 1. The van der Waals surface area contributed by atoms with Gasteiger partial charge in [0.1, 0.15) is 34.8 Å². The van der Waals surface area contributed by atoms with Gasteiger partial charge >= 0.3 is 0 Å². The van der Waals surface area contributed by atoms with Crippen molar-refractivity contribution >= 4 is 28.8 Å². The average molecular weight is 620 g/mol. The molecule has 0 spiro atoms. The monoisotopic (exact) mass is 619 g/mol. The highest BCUT2D eigenvalue weighted by molar-refractivity contribution is 5.97. The number of carbonyl (C=O) groups excluding carboxylic acids is 3. The molecule has 0 unspecified atom stereocenters. The topological polar surface area (TPSA) is 115 Å². The number of likely N-dealkylation sites (tertiary alicyclic amines) is 1. The molecule has 5 aromatic rings. The molecule has 1 saturated heterocycles. The Morgan fingerprint density at radius 3 is 2.61 bits per heavy atom. The van der Waals surface area contributed by atoms with Crippen molar-refractivity contribution in [3.63, 3.8) is 0 Å². The highest BCUT2D eigenvalue weighted by Gasteiger charge is 2.39. The number of halogens is 1. The fourth-order valence-corrected chi connectivity index (χ4v) is 5.77. The van der Waals surface area contributed by atoms with Gasteiger partial charge in [0.2, 0.25) is 0 Å². The van der Waals surface area contributed by atoms with Gasteiger partial charge in [-0.25, -0.2) is 9.37 Å². The second kappa shape index (κ2) is 12.0. The molecule has 46 heavy (non-hydrogen) atoms. The Morgan fingerprint density at radius 2 is 1.76 bits per heavy atom. The summed E-state index contributed by atoms with van der Waals surface area (Å²) in [5, 5.41) is 6.69. The number of fused-ring (bicyclic) bond motifs is 8. The summed E-state index contributed by atoms with van der Waals surface area (Å²) in [6.45, 7) is 0.412. The second-order valence-electron chi connectivity index (χ2n) is 11.4. The van der Waals surface area contributed by atoms with E-state index in [1.807, 2.05) is 48.1 Å². The number of ether oxygens (including phenoxy) is 2. The van der Waals surface area contributed by atoms with E-state index in [0.29, 0.717) is 34.8 Å². The lowest BCUT2D eigenvalue weighted by Gasteiger charge is -2.21. The summed E-state index contributed by atoms with van der Waals surface area (Å²) in [6, 6.07) is 23.3. The summed E-state index contributed by atoms with van der Waals surface area (Å²) in [6.07, 6.45) is 1.24. The fourth-order valence-electron chi connectivity index (χ4n) is 5.77. The van der Waals surface area contributed by atoms with Crippen LogP contribution in [0.3, 0.4) is 0 Å². The maximum Gasteiger partial charge on any atom is 0.272 e. The third kappa shape index (κ3) is 5.86. The van der Waals surface area contributed by atoms with Crippen LogP contribution in [0.4, 0.5) is 4.39 Å². The zero-order valence-electron chi connectivity index (χ0n) is 24.9. The van der Waals surface area contributed by atoms with E-state index >= 15 is 4.39 Å². The highest BCUT2D eigenvalue weighted by Crippen LogP contribution is 2.27. The lowest BCUT2D eigenvalue weighted by Crippen LogP contribution is -2.45. The first-order valence-electron chi connectivity index (χ1n) is 14.9. The largest absolute Gasteiger partial charge is 0.486 e. The zero-order chi connectivity index (χ0) is 31.8. The Labute approximate surface area is 263 Å². The van der Waals surface area contributed by atoms with Crippen LogP contribution in [-0.2, 0) is 18.4 Å². The Hall–Kier alpha value is -5.71. The molecule has 3 aliphatic heterocycles. The predicted molar refractivity (Wildman–Crippen MR) is 168 cm³/mol. The van der Waals surface area contributed by atoms with Crippen LogP contribution in [0.15, 0.2) is 91.1 Å². The third-order valence-electron chi connectivity index (χ3n) is 8.25. The SMILES string of the molecule is Cn1ccc2ccc(C(=O)N3C[C@@H]4NC(=O)c5cc(ccc5F)-c5cccc(c5)OCC(=O)NCc5ccc(cc5)O[C@H]4C3)nc21. The summed E-state index contributed by atoms with van der Waals surface area (Å²) in [5.41, 5.74) is 2.93. The molecular formula is C35H30FN5O5. The van der Waals surface area contributed by atoms with Crippen LogP contribution in [0.5, 0.6) is 11.5 Å². The number of aromatic nitrogens is 2. The third-order valence-corrected chi connectivity index (χ3v) is 8.25. The number of nitrogens with one attached hydrogen (secondary N) is 2. The molecule has 3 aromatic carbocycles. The number of nitrogens with zero attached hydrogens (tertiary/aromatic N) is 3. The lowest BCUT2D eigenvalue weighted by molar-refractivity contribution is -0.123. The molecule has 0 saturated carbocycles. The molecule has 0 aliphatic carbocycles. The summed E-state index contributed by atoms with van der Waals surface area (Å²) in [7, 11) is 1.86. The van der Waals surface area contributed by atoms with Gasteiger partial charge in [-0.2, -0.15) is 0 Å². The number of hydrogen-bond donors (Lipinski definition) is 2. The van der Waals surface area contributed by atoms with Crippen molar-refractivity contribution in [2.75, 3.05) is 19.7 Å². The number of carbonyl (C=O) groups is 3. The van der Waals surface area contributed by atoms with Crippen molar-refractivity contribution in [1.82, 2.24) is 25.1 Å². The van der Waals surface area contributed by atoms with Crippen molar-refractivity contribution in [2.24, 2.45) is 7.05 Å². The van der Waals surface area contributed by atoms with Crippen molar-refractivity contribution in [2.45, 2.75) is 18.7 Å². The van der Waals surface area contributed by atoms with Crippen molar-refractivity contribution < 1.29 is 28.2 Å². The minimum Gasteiger partial charge on any atom is -0.486 e. The smallest absolute Gasteiger partial charge is 0.272 e. The summed E-state index contributed by atoms with van der Waals surface area (Å²) in [4.78, 5) is 45.9. The first kappa shape index (κ1) is 29.0. The zero-order valence-corrected chi connectivity index (χ0v) is 24.9. The van der Waals surface area contributed by atoms with E-state index < -0.39 is 23.9 Å². The quantitative estimate of drug-likeness (QED) is 0.292. The van der Waals surface area contributed by atoms with Gasteiger partial charge in [-0.1, -0.05) is 30.3 Å². The molecular weight excluding hydrogens is 589 g/mol. The van der Waals surface area contributed by atoms with Gasteiger partial charge in [-0.15, -0.1) is 0 Å². The van der Waals surface area contributed by atoms with Crippen LogP contribution in [0, 0.1) is 5.82 Å². The maximum atomic E-state index is 15.1. The average Bonchev–Trinajstić information content (AvgIpc) is 3.65. The van der Waals surface area contributed by atoms with Crippen LogP contribution in [0.1, 0.15) is 26.4 Å². The highest BCUT2D eigenvalue weighted by atomic mass is 19.1. The van der Waals surface area contributed by atoms with Crippen molar-refractivity contribution in [3.8, 4) is 22.6 Å². The minimum atomic E-state index is -0.688. The molecule has 8 rings (SSSR count). The van der Waals surface area contributed by atoms with E-state index in [1.54, 1.807) is 47.4 Å². The Kier molecular flexibility index (Phi) is 7.57. The Morgan fingerprint density at radius 1 is 0.935 bits per heavy atom. The Balaban J connectivity index is 1.21. The van der Waals surface area contributed by atoms with Gasteiger partial charge in [0.25, 0.3) is 17.7 Å². The normalized spacial score (nSPS) is 18.3. The molecule has 1 fully saturated rings. The number of aryl methyl sites for hydroxylation is 1. The van der Waals surface area contributed by atoms with Gasteiger partial charge in [0, 0.05) is 31.7 Å². The van der Waals surface area contributed by atoms with Crippen LogP contribution < -0.4 is 20.1 Å². The molecule has 2 atom stereocenters. The van der Waals surface area contributed by atoms with E-state index in [9.17, 15) is 14.4 Å². The van der Waals surface area contributed by atoms with Crippen molar-refractivity contribution in [3.05, 3.63) is 114 Å². The molecule has 2 aromatic heterocycles. The van der Waals surface area contributed by atoms with Crippen LogP contribution in [0.2, 0.25) is 0 Å². The molecule has 3 aliphatic rings. The summed E-state index contributed by atoms with van der Waals surface area (Å²) < 4.78 is 29.0. The first-order valence-corrected chi connectivity index (χ1v) is 14.9. The van der Waals surface area contributed by atoms with Crippen LogP contribution in [-0.4, -0.2) is 64.0 Å². The number of hydrogen-bond acceptors (Lipinski definition) is 6. The van der Waals surface area contributed by atoms with E-state index in [4.69, 9.17) is 9.47 Å². The van der Waals surface area contributed by atoms with E-state index in [1.165, 1.54) is 12.1 Å². The van der Waals surface area contributed by atoms with Gasteiger partial charge in [0.05, 0.1) is 18.2 Å². The molecule has 2 N–H and O–H groups in total. The van der Waals surface area contributed by atoms with Gasteiger partial charge in [0.15, 0.2) is 6.61 Å². The number of pyridine rings is 1. The van der Waals surface area contributed by atoms with E-state index in [-0.39, 0.29) is 42.8 Å². The van der Waals surface area contributed by atoms with Gasteiger partial charge in [-0.05, 0) is 71.3 Å². The molecule has 10 nitrogen and oxygen atoms in total. The molecule has 3 amide bonds. The number of amides is 3. The molecule has 0 radical (unpaired) electrons. The van der Waals surface area contributed by atoms with Crippen molar-refractivity contribution in [1.29, 1.82) is 0 Å². The van der Waals surface area contributed by atoms with Crippen LogP contribution >= 0.6 is 0 Å². The van der Waals surface area contributed by atoms with Gasteiger partial charge < -0.3 is 29.6 Å². The summed E-state index contributed by atoms with van der Waals surface area (Å²) in [5.74, 6) is -0.948. The second-order valence-corrected chi connectivity index (χ2v) is 11.4. The molecule has 232 valence electrons. The first-order chi connectivity index (χ1) is 22.3. The minimum absolute atomic E-state index is 0.132. The fraction of sp³-hybridized carbons (Fsp3) is 0.200.